The Labute approximate surface area is 159 Å². The fourth-order valence-corrected chi connectivity index (χ4v) is 2.99. The van der Waals surface area contributed by atoms with Crippen LogP contribution in [0.25, 0.3) is 0 Å². The predicted molar refractivity (Wildman–Crippen MR) is 104 cm³/mol. The van der Waals surface area contributed by atoms with Crippen molar-refractivity contribution >= 4 is 29.9 Å². The van der Waals surface area contributed by atoms with Crippen LogP contribution in [0.15, 0.2) is 11.3 Å². The van der Waals surface area contributed by atoms with E-state index in [0.29, 0.717) is 12.6 Å². The van der Waals surface area contributed by atoms with Gasteiger partial charge in [-0.05, 0) is 20.3 Å². The molecule has 1 unspecified atom stereocenters. The molecule has 0 fully saturated rings. The first-order chi connectivity index (χ1) is 11.1. The third kappa shape index (κ3) is 3.87. The molecule has 9 heteroatoms. The smallest absolute Gasteiger partial charge is 0.191 e. The molecule has 0 aromatic carbocycles. The van der Waals surface area contributed by atoms with Crippen LogP contribution in [0.4, 0.5) is 0 Å². The van der Waals surface area contributed by atoms with Gasteiger partial charge in [0.05, 0.1) is 12.2 Å². The third-order valence-electron chi connectivity index (χ3n) is 4.46. The number of aliphatic imine (C=N–C) groups is 1. The molecule has 3 rings (SSSR count). The number of halogens is 1. The van der Waals surface area contributed by atoms with Gasteiger partial charge in [0.15, 0.2) is 5.96 Å². The van der Waals surface area contributed by atoms with Crippen LogP contribution in [0.2, 0.25) is 0 Å². The second kappa shape index (κ2) is 7.95. The van der Waals surface area contributed by atoms with Crippen molar-refractivity contribution in [3.63, 3.8) is 0 Å². The molecule has 0 saturated heterocycles. The summed E-state index contributed by atoms with van der Waals surface area (Å²) in [5.41, 5.74) is 3.45. The molecule has 0 saturated carbocycles. The Morgan fingerprint density at radius 2 is 2.21 bits per heavy atom. The van der Waals surface area contributed by atoms with E-state index in [0.717, 1.165) is 36.9 Å². The Balaban J connectivity index is 0.00000208. The van der Waals surface area contributed by atoms with E-state index in [-0.39, 0.29) is 24.0 Å². The van der Waals surface area contributed by atoms with Crippen molar-refractivity contribution in [2.24, 2.45) is 12.0 Å². The summed E-state index contributed by atoms with van der Waals surface area (Å²) in [4.78, 5) is 8.59. The first-order valence-electron chi connectivity index (χ1n) is 7.91. The van der Waals surface area contributed by atoms with Crippen molar-refractivity contribution in [2.45, 2.75) is 45.8 Å². The van der Waals surface area contributed by atoms with Crippen molar-refractivity contribution in [3.05, 3.63) is 29.1 Å². The fraction of sp³-hybridized carbons (Fsp3) is 0.600. The van der Waals surface area contributed by atoms with Gasteiger partial charge in [0.25, 0.3) is 0 Å². The molecular weight excluding hydrogens is 419 g/mol. The van der Waals surface area contributed by atoms with Crippen LogP contribution in [0.3, 0.4) is 0 Å². The van der Waals surface area contributed by atoms with Gasteiger partial charge in [-0.1, -0.05) is 0 Å². The van der Waals surface area contributed by atoms with Crippen molar-refractivity contribution in [2.75, 3.05) is 7.05 Å². The molecule has 8 nitrogen and oxygen atoms in total. The topological polar surface area (TPSA) is 84.9 Å². The van der Waals surface area contributed by atoms with E-state index in [1.54, 1.807) is 13.4 Å². The van der Waals surface area contributed by atoms with Crippen LogP contribution in [-0.4, -0.2) is 43.6 Å². The zero-order valence-corrected chi connectivity index (χ0v) is 16.9. The summed E-state index contributed by atoms with van der Waals surface area (Å²) in [6.45, 7) is 5.65. The second-order valence-corrected chi connectivity index (χ2v) is 5.94. The number of hydrogen-bond donors (Lipinski definition) is 2. The summed E-state index contributed by atoms with van der Waals surface area (Å²) in [5, 5.41) is 15.6. The molecule has 0 aliphatic carbocycles. The predicted octanol–water partition coefficient (Wildman–Crippen LogP) is 0.926. The van der Waals surface area contributed by atoms with E-state index in [4.69, 9.17) is 0 Å². The Bertz CT molecular complexity index is 717. The van der Waals surface area contributed by atoms with Gasteiger partial charge in [-0.15, -0.1) is 24.0 Å². The minimum Gasteiger partial charge on any atom is -0.352 e. The standard InChI is InChI=1S/C15H24N8.HI/c1-10-13(11(2)22(4)21-10)7-17-15(16-3)20-12-5-6-14-18-9-19-23(14)8-12;/h9,12H,5-8H2,1-4H3,(H2,16,17,20);1H. The summed E-state index contributed by atoms with van der Waals surface area (Å²) >= 11 is 0. The fourth-order valence-electron chi connectivity index (χ4n) is 2.99. The molecular formula is C15H25IN8. The monoisotopic (exact) mass is 444 g/mol. The lowest BCUT2D eigenvalue weighted by atomic mass is 10.1. The van der Waals surface area contributed by atoms with Crippen LogP contribution in [0.1, 0.15) is 29.2 Å². The van der Waals surface area contributed by atoms with E-state index in [1.807, 2.05) is 23.3 Å². The van der Waals surface area contributed by atoms with E-state index in [9.17, 15) is 0 Å². The van der Waals surface area contributed by atoms with Crippen LogP contribution < -0.4 is 10.6 Å². The lowest BCUT2D eigenvalue weighted by Crippen LogP contribution is -2.46. The number of aryl methyl sites for hydroxylation is 3. The largest absolute Gasteiger partial charge is 0.352 e. The van der Waals surface area contributed by atoms with Gasteiger partial charge < -0.3 is 10.6 Å². The van der Waals surface area contributed by atoms with Gasteiger partial charge in [0.1, 0.15) is 12.2 Å². The summed E-state index contributed by atoms with van der Waals surface area (Å²) in [6, 6.07) is 0.312. The number of fused-ring (bicyclic) bond motifs is 1. The maximum absolute atomic E-state index is 4.45. The van der Waals surface area contributed by atoms with Gasteiger partial charge in [-0.3, -0.25) is 9.67 Å². The molecule has 2 N–H and O–H groups in total. The minimum absolute atomic E-state index is 0. The third-order valence-corrected chi connectivity index (χ3v) is 4.46. The quantitative estimate of drug-likeness (QED) is 0.418. The van der Waals surface area contributed by atoms with Crippen LogP contribution in [0, 0.1) is 13.8 Å². The molecule has 0 spiro atoms. The molecule has 0 amide bonds. The lowest BCUT2D eigenvalue weighted by Gasteiger charge is -2.25. The number of hydrogen-bond acceptors (Lipinski definition) is 4. The van der Waals surface area contributed by atoms with Gasteiger partial charge in [-0.2, -0.15) is 10.2 Å². The zero-order valence-electron chi connectivity index (χ0n) is 14.6. The van der Waals surface area contributed by atoms with Gasteiger partial charge in [-0.25, -0.2) is 9.67 Å². The second-order valence-electron chi connectivity index (χ2n) is 5.94. The van der Waals surface area contributed by atoms with E-state index >= 15 is 0 Å². The highest BCUT2D eigenvalue weighted by molar-refractivity contribution is 14.0. The summed E-state index contributed by atoms with van der Waals surface area (Å²) in [5.74, 6) is 1.87. The minimum atomic E-state index is 0. The summed E-state index contributed by atoms with van der Waals surface area (Å²) < 4.78 is 3.87. The maximum atomic E-state index is 4.45. The number of nitrogens with zero attached hydrogens (tertiary/aromatic N) is 6. The SMILES string of the molecule is CN=C(NCc1c(C)nn(C)c1C)NC1CCc2ncnn2C1.I. The van der Waals surface area contributed by atoms with Crippen molar-refractivity contribution in [1.82, 2.24) is 35.2 Å². The van der Waals surface area contributed by atoms with Gasteiger partial charge >= 0.3 is 0 Å². The molecule has 1 aliphatic heterocycles. The van der Waals surface area contributed by atoms with Gasteiger partial charge in [0, 0.05) is 44.4 Å². The average Bonchev–Trinajstić information content (AvgIpc) is 3.09. The highest BCUT2D eigenvalue weighted by Crippen LogP contribution is 2.12. The summed E-state index contributed by atoms with van der Waals surface area (Å²) in [6.07, 6.45) is 3.60. The van der Waals surface area contributed by atoms with E-state index in [2.05, 4.69) is 37.7 Å². The number of guanidine groups is 1. The molecule has 3 heterocycles. The Morgan fingerprint density at radius 1 is 1.42 bits per heavy atom. The van der Waals surface area contributed by atoms with Crippen LogP contribution in [-0.2, 0) is 26.6 Å². The Kier molecular flexibility index (Phi) is 6.19. The number of aromatic nitrogens is 5. The lowest BCUT2D eigenvalue weighted by molar-refractivity contribution is 0.392. The maximum Gasteiger partial charge on any atom is 0.191 e. The molecule has 0 bridgehead atoms. The van der Waals surface area contributed by atoms with Crippen molar-refractivity contribution in [1.29, 1.82) is 0 Å². The van der Waals surface area contributed by atoms with Crippen molar-refractivity contribution < 1.29 is 0 Å². The molecule has 1 aliphatic rings. The number of rotatable bonds is 3. The van der Waals surface area contributed by atoms with E-state index < -0.39 is 0 Å². The molecule has 0 radical (unpaired) electrons. The van der Waals surface area contributed by atoms with Gasteiger partial charge in [0.2, 0.25) is 0 Å². The zero-order chi connectivity index (χ0) is 16.4. The first kappa shape index (κ1) is 18.7. The highest BCUT2D eigenvalue weighted by Gasteiger charge is 2.20. The van der Waals surface area contributed by atoms with Crippen LogP contribution >= 0.6 is 24.0 Å². The number of nitrogens with one attached hydrogen (secondary N) is 2. The van der Waals surface area contributed by atoms with E-state index in [1.165, 1.54) is 11.3 Å². The molecule has 132 valence electrons. The molecule has 2 aromatic rings. The van der Waals surface area contributed by atoms with Crippen molar-refractivity contribution in [3.8, 4) is 0 Å². The first-order valence-corrected chi connectivity index (χ1v) is 7.91. The normalized spacial score (nSPS) is 17.2. The summed E-state index contributed by atoms with van der Waals surface area (Å²) in [7, 11) is 3.76. The Hall–Kier alpha value is -1.65. The molecule has 24 heavy (non-hydrogen) atoms. The molecule has 2 aromatic heterocycles. The Morgan fingerprint density at radius 3 is 2.88 bits per heavy atom. The van der Waals surface area contributed by atoms with Crippen LogP contribution in [0.5, 0.6) is 0 Å². The highest BCUT2D eigenvalue weighted by atomic mass is 127. The average molecular weight is 444 g/mol. The molecule has 1 atom stereocenters.